The minimum atomic E-state index is 0. The summed E-state index contributed by atoms with van der Waals surface area (Å²) in [6.45, 7) is 1.50. The Bertz CT molecular complexity index is 42.6. The average Bonchev–Trinajstić information content (AvgIpc) is 1.81. The van der Waals surface area contributed by atoms with E-state index in [1.165, 1.54) is 6.82 Å². The van der Waals surface area contributed by atoms with Crippen LogP contribution in [0.1, 0.15) is 2.85 Å². The second kappa shape index (κ2) is 131. The number of rotatable bonds is 0. The first-order chi connectivity index (χ1) is 3.00. The summed E-state index contributed by atoms with van der Waals surface area (Å²) in [7, 11) is 4.50. The topological polar surface area (TPSA) is 0 Å². The van der Waals surface area contributed by atoms with Crippen LogP contribution in [0, 0.1) is 14.9 Å². The molecular weight excluding hydrogens is 1430 g/mol. The summed E-state index contributed by atoms with van der Waals surface area (Å²) in [4.78, 5) is 0. The van der Waals surface area contributed by atoms with Gasteiger partial charge in [-0.05, 0) is 0 Å². The number of hydrogen-bond acceptors (Lipinski definition) is 0. The molecule has 0 aromatic heterocycles. The van der Waals surface area contributed by atoms with Crippen LogP contribution in [-0.4, -0.2) is 143 Å². The zero-order chi connectivity index (χ0) is 6.00. The molecule has 8 radical (unpaired) electrons. The molecule has 0 aliphatic heterocycles. The van der Waals surface area contributed by atoms with Crippen molar-refractivity contribution >= 4 is 143 Å². The van der Waals surface area contributed by atoms with Crippen molar-refractivity contribution in [1.29, 1.82) is 0 Å². The molecular formula is C3H11BRb10Y6+2. The molecule has 20 heavy (non-hydrogen) atoms. The van der Waals surface area contributed by atoms with Gasteiger partial charge in [-0.2, -0.15) is 0 Å². The zero-order valence-electron chi connectivity index (χ0n) is 19.0. The molecule has 0 N–H and O–H groups in total. The number of hydrogen-bond donors (Lipinski definition) is 0. The first kappa shape index (κ1) is 111. The van der Waals surface area contributed by atoms with Gasteiger partial charge >= 0.3 is 485 Å². The van der Waals surface area contributed by atoms with E-state index in [-0.39, 0.29) is 563 Å². The molecule has 0 aromatic rings. The Morgan fingerprint density at radius 3 is 0.450 bits per heavy atom. The molecule has 0 saturated carbocycles. The maximum Gasteiger partial charge on any atom is 0 e. The van der Waals surface area contributed by atoms with Gasteiger partial charge in [0, 0.05) is 196 Å². The minimum Gasteiger partial charge on any atom is 0 e. The third-order valence-corrected chi connectivity index (χ3v) is 0. The van der Waals surface area contributed by atoms with Crippen molar-refractivity contribution in [2.24, 2.45) is 0 Å². The monoisotopic (exact) mass is 1440 g/mol. The second-order valence-electron chi connectivity index (χ2n) is 0. The molecule has 0 nitrogen and oxygen atoms in total. The van der Waals surface area contributed by atoms with Crippen molar-refractivity contribution in [3.8, 4) is 0 Å². The Balaban J connectivity index is -0.000000000265. The zero-order valence-corrected chi connectivity index (χ0v) is 83.2. The average molecular weight is 1450 g/mol. The van der Waals surface area contributed by atoms with E-state index in [1.807, 2.05) is 0 Å². The van der Waals surface area contributed by atoms with Crippen molar-refractivity contribution in [3.05, 3.63) is 14.9 Å². The first-order valence-electron chi connectivity index (χ1n) is 2.58. The second-order valence-corrected chi connectivity index (χ2v) is 0. The Hall–Kier alpha value is 24.7. The molecule has 52 valence electrons. The summed E-state index contributed by atoms with van der Waals surface area (Å²) in [5, 5.41) is 0. The van der Waals surface area contributed by atoms with E-state index in [9.17, 15) is 0 Å². The van der Waals surface area contributed by atoms with Gasteiger partial charge in [0.1, 0.15) is 0 Å². The Morgan fingerprint density at radius 1 is 0.450 bits per heavy atom. The van der Waals surface area contributed by atoms with Crippen LogP contribution in [0.3, 0.4) is 0 Å². The van der Waals surface area contributed by atoms with Crippen LogP contribution in [0.4, 0.5) is 0 Å². The van der Waals surface area contributed by atoms with Crippen molar-refractivity contribution in [3.63, 3.8) is 0 Å². The van der Waals surface area contributed by atoms with Gasteiger partial charge in [-0.3, -0.25) is 0 Å². The third-order valence-electron chi connectivity index (χ3n) is 0. The van der Waals surface area contributed by atoms with Gasteiger partial charge in [0.05, 0.1) is 7.85 Å². The first-order valence-corrected chi connectivity index (χ1v) is 70.6. The Labute approximate surface area is 678 Å². The molecule has 0 heterocycles. The minimum absolute atomic E-state index is 0. The van der Waals surface area contributed by atoms with Crippen molar-refractivity contribution in [2.45, 2.75) is 6.82 Å². The van der Waals surface area contributed by atoms with Crippen LogP contribution in [0.2, 0.25) is 6.82 Å². The smallest absolute Gasteiger partial charge is 0 e. The Morgan fingerprint density at radius 2 is 0.450 bits per heavy atom. The molecule has 0 unspecified atom stereocenters. The van der Waals surface area contributed by atoms with Crippen LogP contribution >= 0.6 is 0 Å². The fourth-order valence-corrected chi connectivity index (χ4v) is 0. The quantitative estimate of drug-likeness (QED) is 0.168. The van der Waals surface area contributed by atoms with E-state index in [4.69, 9.17) is 0 Å². The van der Waals surface area contributed by atoms with Crippen molar-refractivity contribution in [1.82, 2.24) is 0 Å². The molecule has 0 spiro atoms. The van der Waals surface area contributed by atoms with Gasteiger partial charge in [0.15, 0.2) is 0 Å². The van der Waals surface area contributed by atoms with Gasteiger partial charge in [-0.1, -0.05) is 6.82 Å². The molecule has 17 heteroatoms. The van der Waals surface area contributed by atoms with Crippen LogP contribution < -0.4 is 349 Å². The normalized spacial score (nSPS) is 1.05. The van der Waals surface area contributed by atoms with E-state index in [0.717, 1.165) is 135 Å². The fourth-order valence-electron chi connectivity index (χ4n) is 0. The molecule has 0 aromatic carbocycles. The summed E-state index contributed by atoms with van der Waals surface area (Å²) in [6, 6.07) is 0. The van der Waals surface area contributed by atoms with Crippen LogP contribution in [0.15, 0.2) is 0 Å². The molecule has 0 atom stereocenters. The summed E-state index contributed by atoms with van der Waals surface area (Å²) in [6.07, 6.45) is 0. The van der Waals surface area contributed by atoms with Crippen LogP contribution in [0.5, 0.6) is 0 Å². The maximum atomic E-state index is 4.50. The van der Waals surface area contributed by atoms with Gasteiger partial charge in [-0.15, -0.1) is 0 Å². The fraction of sp³-hybridized carbons (Fsp3) is 0.333. The van der Waals surface area contributed by atoms with Gasteiger partial charge < -0.3 is 17.7 Å². The summed E-state index contributed by atoms with van der Waals surface area (Å²) < 4.78 is 0. The maximum absolute atomic E-state index is 4.50. The summed E-state index contributed by atoms with van der Waals surface area (Å²) >= 11 is 4.64. The molecule has 0 rings (SSSR count). The molecule has 0 fully saturated rings. The molecule has 0 aliphatic carbocycles. The molecule has 0 aliphatic rings. The van der Waals surface area contributed by atoms with Crippen LogP contribution in [0.25, 0.3) is 0 Å². The van der Waals surface area contributed by atoms with Crippen molar-refractivity contribution in [2.75, 3.05) is 0 Å². The third kappa shape index (κ3) is 122. The van der Waals surface area contributed by atoms with Gasteiger partial charge in [0.25, 0.3) is 0 Å². The SMILES string of the molecule is [B]C.[CH3-].[CH3-].[H-].[H-].[Rb+].[Rb+].[Rb+].[Rb+].[Rb+].[Rb+].[Rb][Rb].[Rb][Rb].[Y].[Y].[Y].[Y].[Y].[Y]. The standard InChI is InChI=1S/CH3B.2CH3.10Rb.6Y.2H/c1-2;;;;;;;;;;;;;;;;;;;;/h1H3;2*1H3;;;;;;;;;;;;;;;;;;/q;2*-1;;;;;6*+1;;;;;;;2*-1. The van der Waals surface area contributed by atoms with Gasteiger partial charge in [-0.25, -0.2) is 0 Å². The van der Waals surface area contributed by atoms with Crippen LogP contribution in [-0.2, 0) is 196 Å². The van der Waals surface area contributed by atoms with E-state index in [0.29, 0.717) is 0 Å². The van der Waals surface area contributed by atoms with E-state index < -0.39 is 0 Å². The van der Waals surface area contributed by atoms with E-state index in [2.05, 4.69) is 7.85 Å². The molecule has 0 bridgehead atoms. The molecule has 0 saturated heterocycles. The Kier molecular flexibility index (Phi) is 726. The predicted octanol–water partition coefficient (Wildman–Crippen LogP) is -18.2. The largest absolute Gasteiger partial charge is 0 e. The predicted molar refractivity (Wildman–Crippen MR) is 49.7 cm³/mol. The van der Waals surface area contributed by atoms with E-state index in [1.54, 1.807) is 0 Å². The van der Waals surface area contributed by atoms with E-state index >= 15 is 0 Å². The summed E-state index contributed by atoms with van der Waals surface area (Å²) in [5.41, 5.74) is 0. The molecule has 0 amide bonds. The van der Waals surface area contributed by atoms with Gasteiger partial charge in [0.2, 0.25) is 0 Å². The summed E-state index contributed by atoms with van der Waals surface area (Å²) in [5.74, 6) is 0. The van der Waals surface area contributed by atoms with Crippen molar-refractivity contribution < 1.29 is 548 Å².